The van der Waals surface area contributed by atoms with Crippen LogP contribution in [0.25, 0.3) is 0 Å². The van der Waals surface area contributed by atoms with Crippen LogP contribution in [0.1, 0.15) is 0 Å². The van der Waals surface area contributed by atoms with Crippen LogP contribution in [-0.2, 0) is 24.1 Å². The SMILES string of the molecule is C[Si](C)(C)CCOCN1C(Br)=CC(=[C-]Cl)C1=N[CH]=[W]. The second kappa shape index (κ2) is 8.03. The minimum atomic E-state index is -1.05. The van der Waals surface area contributed by atoms with Crippen molar-refractivity contribution in [3.63, 3.8) is 0 Å². The second-order valence-corrected chi connectivity index (χ2v) is 12.7. The van der Waals surface area contributed by atoms with Crippen LogP contribution in [0.15, 0.2) is 21.2 Å². The van der Waals surface area contributed by atoms with Crippen LogP contribution in [0.5, 0.6) is 0 Å². The second-order valence-electron chi connectivity index (χ2n) is 5.31. The van der Waals surface area contributed by atoms with Gasteiger partial charge in [-0.2, -0.15) is 0 Å². The zero-order chi connectivity index (χ0) is 14.5. The molecule has 1 aliphatic heterocycles. The number of rotatable bonds is 6. The summed E-state index contributed by atoms with van der Waals surface area (Å²) in [6, 6.07) is 1.16. The molecule has 1 aliphatic rings. The molecule has 0 amide bonds. The fourth-order valence-corrected chi connectivity index (χ4v) is 3.18. The molecule has 0 aromatic rings. The van der Waals surface area contributed by atoms with E-state index in [1.807, 2.05) is 15.5 Å². The molecule has 0 bridgehead atoms. The van der Waals surface area contributed by atoms with Crippen LogP contribution >= 0.6 is 27.5 Å². The first kappa shape index (κ1) is 17.5. The van der Waals surface area contributed by atoms with Crippen LogP contribution in [0.4, 0.5) is 0 Å². The summed E-state index contributed by atoms with van der Waals surface area (Å²) < 4.78 is 8.47. The monoisotopic (exact) mass is 531 g/mol. The Hall–Kier alpha value is 0.455. The van der Waals surface area contributed by atoms with Crippen molar-refractivity contribution in [2.24, 2.45) is 4.99 Å². The van der Waals surface area contributed by atoms with Crippen LogP contribution < -0.4 is 0 Å². The minimum absolute atomic E-state index is 0.478. The molecule has 3 nitrogen and oxygen atoms in total. The summed E-state index contributed by atoms with van der Waals surface area (Å²) in [7, 11) is -1.05. The molecule has 1 rings (SSSR count). The Morgan fingerprint density at radius 2 is 2.26 bits per heavy atom. The van der Waals surface area contributed by atoms with Crippen LogP contribution in [0.2, 0.25) is 25.7 Å². The van der Waals surface area contributed by atoms with Gasteiger partial charge in [-0.25, -0.2) is 0 Å². The molecular weight excluding hydrogens is 515 g/mol. The van der Waals surface area contributed by atoms with Gasteiger partial charge in [0.15, 0.2) is 0 Å². The number of halogens is 2. The van der Waals surface area contributed by atoms with E-state index in [2.05, 4.69) is 46.1 Å². The van der Waals surface area contributed by atoms with Crippen molar-refractivity contribution in [1.29, 1.82) is 0 Å². The van der Waals surface area contributed by atoms with Crippen molar-refractivity contribution in [2.75, 3.05) is 13.3 Å². The Kier molecular flexibility index (Phi) is 7.40. The summed E-state index contributed by atoms with van der Waals surface area (Å²) >= 11 is 10.5. The molecule has 0 N–H and O–H groups in total. The molecule has 0 spiro atoms. The molecule has 0 fully saturated rings. The van der Waals surface area contributed by atoms with E-state index < -0.39 is 8.07 Å². The first-order chi connectivity index (χ1) is 8.89. The fraction of sp³-hybridized carbons (Fsp3) is 0.500. The van der Waals surface area contributed by atoms with Gasteiger partial charge in [0.2, 0.25) is 0 Å². The van der Waals surface area contributed by atoms with Crippen LogP contribution in [-0.4, -0.2) is 36.7 Å². The molecule has 19 heavy (non-hydrogen) atoms. The first-order valence-corrected chi connectivity index (χ1v) is 12.4. The summed E-state index contributed by atoms with van der Waals surface area (Å²) in [4.78, 5) is 6.31. The van der Waals surface area contributed by atoms with Gasteiger partial charge in [0.05, 0.1) is 0 Å². The molecule has 0 aromatic heterocycles. The average molecular weight is 533 g/mol. The summed E-state index contributed by atoms with van der Waals surface area (Å²) in [6.07, 6.45) is 1.90. The molecule has 0 aliphatic carbocycles. The first-order valence-electron chi connectivity index (χ1n) is 5.87. The Morgan fingerprint density at radius 1 is 1.58 bits per heavy atom. The summed E-state index contributed by atoms with van der Waals surface area (Å²) in [5.74, 6) is 0.782. The van der Waals surface area contributed by atoms with Gasteiger partial charge in [-0.3, -0.25) is 0 Å². The topological polar surface area (TPSA) is 24.8 Å². The quantitative estimate of drug-likeness (QED) is 0.227. The van der Waals surface area contributed by atoms with Crippen molar-refractivity contribution >= 4 is 46.0 Å². The third kappa shape index (κ3) is 5.76. The third-order valence-corrected chi connectivity index (χ3v) is 5.45. The van der Waals surface area contributed by atoms with E-state index in [4.69, 9.17) is 16.3 Å². The van der Waals surface area contributed by atoms with Crippen molar-refractivity contribution < 1.29 is 24.1 Å². The van der Waals surface area contributed by atoms with Crippen LogP contribution in [0.3, 0.4) is 0 Å². The molecule has 7 heteroatoms. The summed E-state index contributed by atoms with van der Waals surface area (Å²) in [6.45, 7) is 8.28. The van der Waals surface area contributed by atoms with Gasteiger partial charge in [0.25, 0.3) is 0 Å². The Labute approximate surface area is 140 Å². The van der Waals surface area contributed by atoms with Crippen LogP contribution in [0, 0.1) is 5.54 Å². The number of amidine groups is 1. The average Bonchev–Trinajstić information content (AvgIpc) is 2.61. The zero-order valence-corrected chi connectivity index (χ0v) is 17.5. The van der Waals surface area contributed by atoms with Crippen molar-refractivity contribution in [1.82, 2.24) is 4.90 Å². The van der Waals surface area contributed by atoms with Gasteiger partial charge in [0, 0.05) is 0 Å². The fourth-order valence-electron chi connectivity index (χ4n) is 1.42. The molecule has 0 saturated heterocycles. The molecule has 0 atom stereocenters. The molecule has 0 unspecified atom stereocenters. The number of hydrogen-bond donors (Lipinski definition) is 0. The van der Waals surface area contributed by atoms with Gasteiger partial charge in [0.1, 0.15) is 0 Å². The van der Waals surface area contributed by atoms with Gasteiger partial charge in [-0.05, 0) is 0 Å². The molecule has 0 aromatic carbocycles. The van der Waals surface area contributed by atoms with E-state index in [9.17, 15) is 0 Å². The molecular formula is C12H17BrClN2OSiW-. The van der Waals surface area contributed by atoms with Gasteiger partial charge in [-0.15, -0.1) is 0 Å². The number of ether oxygens (including phenoxy) is 1. The molecule has 0 radical (unpaired) electrons. The van der Waals surface area contributed by atoms with E-state index in [0.717, 1.165) is 28.7 Å². The number of aliphatic imine (C=N–C) groups is 1. The number of nitrogens with zero attached hydrogens (tertiary/aromatic N) is 2. The normalized spacial score (nSPS) is 20.3. The van der Waals surface area contributed by atoms with E-state index >= 15 is 0 Å². The molecule has 1 heterocycles. The molecule has 106 valence electrons. The van der Waals surface area contributed by atoms with E-state index in [0.29, 0.717) is 6.73 Å². The maximum absolute atomic E-state index is 5.75. The van der Waals surface area contributed by atoms with Gasteiger partial charge in [-0.1, -0.05) is 0 Å². The van der Waals surface area contributed by atoms with Crippen molar-refractivity contribution in [2.45, 2.75) is 25.7 Å². The van der Waals surface area contributed by atoms with Crippen molar-refractivity contribution in [3.05, 3.63) is 21.8 Å². The van der Waals surface area contributed by atoms with E-state index in [-0.39, 0.29) is 0 Å². The van der Waals surface area contributed by atoms with Gasteiger partial charge < -0.3 is 0 Å². The Balaban J connectivity index is 2.59. The maximum atomic E-state index is 5.75. The Morgan fingerprint density at radius 3 is 2.79 bits per heavy atom. The van der Waals surface area contributed by atoms with Gasteiger partial charge >= 0.3 is 141 Å². The predicted octanol–water partition coefficient (Wildman–Crippen LogP) is 3.48. The third-order valence-electron chi connectivity index (χ3n) is 2.51. The molecule has 0 saturated carbocycles. The van der Waals surface area contributed by atoms with E-state index in [1.54, 1.807) is 0 Å². The Bertz CT molecular complexity index is 432. The summed E-state index contributed by atoms with van der Waals surface area (Å²) in [5, 5.41) is 0. The predicted molar refractivity (Wildman–Crippen MR) is 83.9 cm³/mol. The zero-order valence-electron chi connectivity index (χ0n) is 11.2. The summed E-state index contributed by atoms with van der Waals surface area (Å²) in [5.41, 5.74) is 3.40. The number of hydrogen-bond acceptors (Lipinski definition) is 2. The standard InChI is InChI=1S/C12H17BrClN2OSi.W/c1-15-12-10(8-14)7-11(13)16(12)9-17-5-6-18(2,3)4;/h1,7H,5-6,9H2,2-4H3;/q-1;. The van der Waals surface area contributed by atoms with Crippen molar-refractivity contribution in [3.8, 4) is 0 Å². The van der Waals surface area contributed by atoms with E-state index in [1.165, 1.54) is 19.4 Å².